The third kappa shape index (κ3) is 7.15. The molecule has 0 unspecified atom stereocenters. The van der Waals surface area contributed by atoms with Gasteiger partial charge in [-0.1, -0.05) is 59.6 Å². The zero-order chi connectivity index (χ0) is 33.3. The maximum Gasteiger partial charge on any atom is 0.253 e. The van der Waals surface area contributed by atoms with Crippen LogP contribution in [0.1, 0.15) is 55.4 Å². The number of carbonyl (C=O) groups is 1. The van der Waals surface area contributed by atoms with E-state index >= 15 is 4.39 Å². The van der Waals surface area contributed by atoms with Gasteiger partial charge in [0, 0.05) is 23.5 Å². The topological polar surface area (TPSA) is 128 Å². The highest BCUT2D eigenvalue weighted by Crippen LogP contribution is 2.49. The van der Waals surface area contributed by atoms with Gasteiger partial charge >= 0.3 is 0 Å². The minimum Gasteiger partial charge on any atom is -0.357 e. The molecule has 1 heterocycles. The molecular formula is C33H35Cl2FN6O4S. The number of hydrogen-bond acceptors (Lipinski definition) is 7. The highest BCUT2D eigenvalue weighted by atomic mass is 35.5. The molecule has 3 fully saturated rings. The molecule has 6 rings (SSSR count). The zero-order valence-corrected chi connectivity index (χ0v) is 27.9. The minimum absolute atomic E-state index is 0.0480. The van der Waals surface area contributed by atoms with Crippen LogP contribution in [0.4, 0.5) is 10.1 Å². The highest BCUT2D eigenvalue weighted by Gasteiger charge is 2.52. The Morgan fingerprint density at radius 1 is 1.04 bits per heavy atom. The van der Waals surface area contributed by atoms with Crippen LogP contribution in [-0.2, 0) is 19.6 Å². The van der Waals surface area contributed by atoms with E-state index in [2.05, 4.69) is 15.6 Å². The lowest BCUT2D eigenvalue weighted by molar-refractivity contribution is -0.178. The fraction of sp³-hybridized carbons (Fsp3) is 0.394. The first kappa shape index (κ1) is 33.3. The third-order valence-corrected chi connectivity index (χ3v) is 11.6. The van der Waals surface area contributed by atoms with E-state index in [1.807, 2.05) is 18.2 Å². The number of hydrazone groups is 1. The van der Waals surface area contributed by atoms with E-state index in [0.717, 1.165) is 12.8 Å². The normalized spacial score (nSPS) is 22.6. The van der Waals surface area contributed by atoms with Crippen LogP contribution in [0.15, 0.2) is 83.0 Å². The van der Waals surface area contributed by atoms with Gasteiger partial charge in [0.15, 0.2) is 5.84 Å². The number of morpholine rings is 1. The lowest BCUT2D eigenvalue weighted by Crippen LogP contribution is -2.59. The van der Waals surface area contributed by atoms with Crippen molar-refractivity contribution in [3.05, 3.63) is 99.8 Å². The lowest BCUT2D eigenvalue weighted by Gasteiger charge is -2.49. The average Bonchev–Trinajstić information content (AvgIpc) is 3.97. The van der Waals surface area contributed by atoms with Gasteiger partial charge < -0.3 is 15.1 Å². The molecule has 2 saturated carbocycles. The summed E-state index contributed by atoms with van der Waals surface area (Å²) in [5, 5.41) is 7.91. The molecule has 10 nitrogen and oxygen atoms in total. The Labute approximate surface area is 283 Å². The van der Waals surface area contributed by atoms with Crippen molar-refractivity contribution in [2.24, 2.45) is 16.1 Å². The van der Waals surface area contributed by atoms with E-state index in [1.165, 1.54) is 22.5 Å². The second kappa shape index (κ2) is 13.9. The number of ether oxygens (including phenoxy) is 1. The Morgan fingerprint density at radius 2 is 1.77 bits per heavy atom. The molecule has 1 amide bonds. The predicted molar refractivity (Wildman–Crippen MR) is 179 cm³/mol. The molecule has 2 N–H and O–H groups in total. The van der Waals surface area contributed by atoms with Crippen LogP contribution < -0.4 is 9.73 Å². The Bertz CT molecular complexity index is 1770. The van der Waals surface area contributed by atoms with Crippen molar-refractivity contribution in [1.82, 2.24) is 10.3 Å². The fourth-order valence-electron chi connectivity index (χ4n) is 6.27. The van der Waals surface area contributed by atoms with Gasteiger partial charge in [-0.15, -0.1) is 5.11 Å². The fourth-order valence-corrected chi connectivity index (χ4v) is 8.47. The minimum atomic E-state index is -3.94. The van der Waals surface area contributed by atoms with Crippen LogP contribution in [0.25, 0.3) is 0 Å². The number of halogens is 3. The monoisotopic (exact) mass is 700 g/mol. The van der Waals surface area contributed by atoms with Crippen LogP contribution in [0.5, 0.6) is 0 Å². The van der Waals surface area contributed by atoms with Crippen LogP contribution in [0.2, 0.25) is 10.0 Å². The summed E-state index contributed by atoms with van der Waals surface area (Å²) >= 11 is 12.7. The number of amides is 1. The maximum absolute atomic E-state index is 15.4. The van der Waals surface area contributed by atoms with Gasteiger partial charge in [0.2, 0.25) is 10.0 Å². The van der Waals surface area contributed by atoms with E-state index in [0.29, 0.717) is 34.0 Å². The van der Waals surface area contributed by atoms with E-state index < -0.39 is 51.3 Å². The Kier molecular flexibility index (Phi) is 9.84. The SMILES string of the molecule is CN/N=C(/C[C@H]1O[C@H](c2cccc(Cl)c2)[C@@H](c2ccc(Cl)cc2)N([C@H](CN(c2ccccc2F)S(=O)(=O)C2CC2)C2CC2)C1=O)N=N. The van der Waals surface area contributed by atoms with Crippen LogP contribution >= 0.6 is 23.2 Å². The standard InChI is InChI=1S/C33H35Cl2FN6O4S/c1-38-40-30(39-37)18-29-33(43)42(31(21-11-13-23(34)14-12-21)32(46-29)22-5-4-6-24(35)17-22)28(20-9-10-20)19-41(47(44,45)25-15-16-25)27-8-3-2-7-26(27)36/h2-8,11-14,17,20,25,28-29,31-32,37-38H,9-10,15-16,18-19H2,1H3/b39-37?,40-30-/t28-,29-,31-,32-/m1/s1. The smallest absolute Gasteiger partial charge is 0.253 e. The summed E-state index contributed by atoms with van der Waals surface area (Å²) in [6, 6.07) is 18.7. The number of amidine groups is 1. The highest BCUT2D eigenvalue weighted by molar-refractivity contribution is 7.93. The van der Waals surface area contributed by atoms with Gasteiger partial charge in [0.1, 0.15) is 18.0 Å². The van der Waals surface area contributed by atoms with Gasteiger partial charge in [-0.3, -0.25) is 9.10 Å². The second-order valence-electron chi connectivity index (χ2n) is 12.0. The predicted octanol–water partition coefficient (Wildman–Crippen LogP) is 6.87. The molecular weight excluding hydrogens is 666 g/mol. The van der Waals surface area contributed by atoms with E-state index in [9.17, 15) is 13.2 Å². The number of anilines is 1. The molecule has 248 valence electrons. The first-order valence-corrected chi connectivity index (χ1v) is 17.7. The van der Waals surface area contributed by atoms with Gasteiger partial charge in [0.05, 0.1) is 29.6 Å². The number of sulfonamides is 1. The number of para-hydroxylation sites is 1. The van der Waals surface area contributed by atoms with Crippen LogP contribution in [0, 0.1) is 17.3 Å². The summed E-state index contributed by atoms with van der Waals surface area (Å²) < 4.78 is 51.1. The molecule has 3 aliphatic rings. The third-order valence-electron chi connectivity index (χ3n) is 8.80. The first-order chi connectivity index (χ1) is 22.6. The summed E-state index contributed by atoms with van der Waals surface area (Å²) in [5.74, 6) is -1.08. The summed E-state index contributed by atoms with van der Waals surface area (Å²) in [6.07, 6.45) is 0.521. The van der Waals surface area contributed by atoms with Crippen LogP contribution in [0.3, 0.4) is 0 Å². The summed E-state index contributed by atoms with van der Waals surface area (Å²) in [4.78, 5) is 16.5. The van der Waals surface area contributed by atoms with Crippen molar-refractivity contribution in [3.8, 4) is 0 Å². The Balaban J connectivity index is 1.51. The first-order valence-electron chi connectivity index (χ1n) is 15.5. The van der Waals surface area contributed by atoms with Crippen molar-refractivity contribution >= 4 is 50.7 Å². The molecule has 3 aromatic rings. The van der Waals surface area contributed by atoms with Gasteiger partial charge in [-0.2, -0.15) is 5.10 Å². The van der Waals surface area contributed by atoms with Crippen molar-refractivity contribution in [2.45, 2.75) is 61.6 Å². The quantitative estimate of drug-likeness (QED) is 0.0922. The molecule has 2 aliphatic carbocycles. The van der Waals surface area contributed by atoms with Crippen molar-refractivity contribution in [3.63, 3.8) is 0 Å². The molecule has 14 heteroatoms. The van der Waals surface area contributed by atoms with Crippen molar-refractivity contribution in [2.75, 3.05) is 17.9 Å². The van der Waals surface area contributed by atoms with Gasteiger partial charge in [-0.25, -0.2) is 18.3 Å². The molecule has 1 saturated heterocycles. The van der Waals surface area contributed by atoms with E-state index in [-0.39, 0.29) is 30.4 Å². The summed E-state index contributed by atoms with van der Waals surface area (Å²) in [7, 11) is -2.38. The van der Waals surface area contributed by atoms with Crippen LogP contribution in [-0.4, -0.2) is 56.0 Å². The largest absolute Gasteiger partial charge is 0.357 e. The Morgan fingerprint density at radius 3 is 2.38 bits per heavy atom. The molecule has 0 radical (unpaired) electrons. The van der Waals surface area contributed by atoms with E-state index in [1.54, 1.807) is 48.3 Å². The maximum atomic E-state index is 15.4. The van der Waals surface area contributed by atoms with Gasteiger partial charge in [0.25, 0.3) is 5.91 Å². The molecule has 0 spiro atoms. The summed E-state index contributed by atoms with van der Waals surface area (Å²) in [6.45, 7) is -0.143. The number of benzene rings is 3. The Hall–Kier alpha value is -3.58. The molecule has 4 atom stereocenters. The molecule has 1 aliphatic heterocycles. The molecule has 47 heavy (non-hydrogen) atoms. The molecule has 0 bridgehead atoms. The lowest BCUT2D eigenvalue weighted by atomic mass is 9.89. The number of hydrogen-bond donors (Lipinski definition) is 2. The number of carbonyl (C=O) groups excluding carboxylic acids is 1. The number of nitrogens with one attached hydrogen (secondary N) is 2. The second-order valence-corrected chi connectivity index (χ2v) is 15.1. The average molecular weight is 702 g/mol. The number of nitrogens with zero attached hydrogens (tertiary/aromatic N) is 4. The van der Waals surface area contributed by atoms with Gasteiger partial charge in [-0.05, 0) is 79.1 Å². The zero-order valence-electron chi connectivity index (χ0n) is 25.6. The molecule has 0 aromatic heterocycles. The number of rotatable bonds is 12. The molecule has 3 aromatic carbocycles. The van der Waals surface area contributed by atoms with Crippen molar-refractivity contribution < 1.29 is 22.3 Å². The summed E-state index contributed by atoms with van der Waals surface area (Å²) in [5.41, 5.74) is 11.6. The van der Waals surface area contributed by atoms with Crippen molar-refractivity contribution in [1.29, 1.82) is 5.53 Å². The van der Waals surface area contributed by atoms with E-state index in [4.69, 9.17) is 33.5 Å².